The Labute approximate surface area is 198 Å². The number of para-hydroxylation sites is 1. The van der Waals surface area contributed by atoms with Crippen molar-refractivity contribution in [3.8, 4) is 28.3 Å². The monoisotopic (exact) mass is 477 g/mol. The van der Waals surface area contributed by atoms with Crippen molar-refractivity contribution in [2.24, 2.45) is 5.73 Å². The molecule has 3 aromatic carbocycles. The standard InChI is InChI=1S/C25H27N5O3S/c1-3-18(26)15-27-24-20-6-4-5-7-22(20)28-25(29-24)21-14-17(10-13-23(21)31)16-8-11-19(12-9-16)30-34(2,32)33/h4-14,18,30-31H,3,15,26H2,1-2H3,(H,27,28,29)/t18-/m1/s1. The fourth-order valence-corrected chi connectivity index (χ4v) is 4.11. The highest BCUT2D eigenvalue weighted by Crippen LogP contribution is 2.34. The smallest absolute Gasteiger partial charge is 0.229 e. The predicted octanol–water partition coefficient (Wildman–Crippen LogP) is 4.19. The number of phenolic OH excluding ortho intramolecular Hbond substituents is 1. The van der Waals surface area contributed by atoms with Crippen LogP contribution in [0.1, 0.15) is 13.3 Å². The van der Waals surface area contributed by atoms with Gasteiger partial charge in [0.1, 0.15) is 11.6 Å². The Balaban J connectivity index is 1.73. The molecule has 1 aromatic heterocycles. The molecule has 8 nitrogen and oxygen atoms in total. The molecule has 0 radical (unpaired) electrons. The van der Waals surface area contributed by atoms with Crippen LogP contribution >= 0.6 is 0 Å². The maximum absolute atomic E-state index is 11.5. The van der Waals surface area contributed by atoms with E-state index in [0.29, 0.717) is 29.4 Å². The number of benzene rings is 3. The summed E-state index contributed by atoms with van der Waals surface area (Å²) in [7, 11) is -3.35. The average Bonchev–Trinajstić information content (AvgIpc) is 2.82. The molecule has 0 fully saturated rings. The lowest BCUT2D eigenvalue weighted by Crippen LogP contribution is -2.28. The van der Waals surface area contributed by atoms with E-state index < -0.39 is 10.0 Å². The largest absolute Gasteiger partial charge is 0.507 e. The lowest BCUT2D eigenvalue weighted by atomic mass is 10.0. The van der Waals surface area contributed by atoms with Gasteiger partial charge in [0.25, 0.3) is 0 Å². The number of fused-ring (bicyclic) bond motifs is 1. The third-order valence-corrected chi connectivity index (χ3v) is 6.02. The number of sulfonamides is 1. The highest BCUT2D eigenvalue weighted by molar-refractivity contribution is 7.92. The number of phenols is 1. The first kappa shape index (κ1) is 23.5. The van der Waals surface area contributed by atoms with Crippen molar-refractivity contribution in [3.05, 3.63) is 66.7 Å². The van der Waals surface area contributed by atoms with Crippen LogP contribution in [-0.4, -0.2) is 42.3 Å². The summed E-state index contributed by atoms with van der Waals surface area (Å²) in [6, 6.07) is 19.9. The highest BCUT2D eigenvalue weighted by Gasteiger charge is 2.14. The van der Waals surface area contributed by atoms with E-state index >= 15 is 0 Å². The Morgan fingerprint density at radius 2 is 1.71 bits per heavy atom. The van der Waals surface area contributed by atoms with Crippen LogP contribution in [0, 0.1) is 0 Å². The number of hydrogen-bond donors (Lipinski definition) is 4. The molecule has 0 aliphatic rings. The molecule has 1 atom stereocenters. The second-order valence-electron chi connectivity index (χ2n) is 8.15. The van der Waals surface area contributed by atoms with Crippen LogP contribution in [0.3, 0.4) is 0 Å². The molecule has 0 saturated heterocycles. The van der Waals surface area contributed by atoms with Crippen LogP contribution in [0.15, 0.2) is 66.7 Å². The molecule has 0 spiro atoms. The van der Waals surface area contributed by atoms with Crippen molar-refractivity contribution < 1.29 is 13.5 Å². The summed E-state index contributed by atoms with van der Waals surface area (Å²) in [6.07, 6.45) is 1.94. The van der Waals surface area contributed by atoms with Gasteiger partial charge in [0.15, 0.2) is 5.82 Å². The molecule has 0 aliphatic carbocycles. The van der Waals surface area contributed by atoms with Crippen molar-refractivity contribution in [1.29, 1.82) is 0 Å². The lowest BCUT2D eigenvalue weighted by Gasteiger charge is -2.15. The van der Waals surface area contributed by atoms with Gasteiger partial charge in [0.2, 0.25) is 10.0 Å². The average molecular weight is 478 g/mol. The van der Waals surface area contributed by atoms with Crippen molar-refractivity contribution in [2.75, 3.05) is 22.8 Å². The number of nitrogens with two attached hydrogens (primary N) is 1. The Hall–Kier alpha value is -3.69. The minimum atomic E-state index is -3.35. The van der Waals surface area contributed by atoms with Crippen LogP contribution in [0.2, 0.25) is 0 Å². The van der Waals surface area contributed by atoms with Crippen LogP contribution in [0.25, 0.3) is 33.4 Å². The van der Waals surface area contributed by atoms with Crippen molar-refractivity contribution in [3.63, 3.8) is 0 Å². The van der Waals surface area contributed by atoms with Gasteiger partial charge < -0.3 is 16.2 Å². The van der Waals surface area contributed by atoms with Gasteiger partial charge in [-0.15, -0.1) is 0 Å². The van der Waals surface area contributed by atoms with Gasteiger partial charge in [-0.05, 0) is 53.9 Å². The number of nitrogens with one attached hydrogen (secondary N) is 2. The van der Waals surface area contributed by atoms with Crippen LogP contribution in [0.5, 0.6) is 5.75 Å². The number of nitrogens with zero attached hydrogens (tertiary/aromatic N) is 2. The summed E-state index contributed by atoms with van der Waals surface area (Å²) in [5, 5.41) is 14.8. The summed E-state index contributed by atoms with van der Waals surface area (Å²) in [5.74, 6) is 1.11. The van der Waals surface area contributed by atoms with E-state index in [1.807, 2.05) is 49.4 Å². The lowest BCUT2D eigenvalue weighted by molar-refractivity contribution is 0.477. The molecular weight excluding hydrogens is 450 g/mol. The Kier molecular flexibility index (Phi) is 6.67. The Morgan fingerprint density at radius 3 is 2.41 bits per heavy atom. The fourth-order valence-electron chi connectivity index (χ4n) is 3.54. The zero-order chi connectivity index (χ0) is 24.3. The van der Waals surface area contributed by atoms with Gasteiger partial charge in [0, 0.05) is 23.7 Å². The van der Waals surface area contributed by atoms with Crippen molar-refractivity contribution in [2.45, 2.75) is 19.4 Å². The number of aromatic hydroxyl groups is 1. The molecule has 0 saturated carbocycles. The summed E-state index contributed by atoms with van der Waals surface area (Å²) in [5.41, 5.74) is 9.49. The normalized spacial score (nSPS) is 12.4. The zero-order valence-electron chi connectivity index (χ0n) is 19.0. The molecule has 0 bridgehead atoms. The highest BCUT2D eigenvalue weighted by atomic mass is 32.2. The van der Waals surface area contributed by atoms with E-state index in [4.69, 9.17) is 10.7 Å². The molecule has 9 heteroatoms. The van der Waals surface area contributed by atoms with Gasteiger partial charge in [-0.25, -0.2) is 18.4 Å². The summed E-state index contributed by atoms with van der Waals surface area (Å²) >= 11 is 0. The number of hydrogen-bond acceptors (Lipinski definition) is 7. The molecule has 1 heterocycles. The van der Waals surface area contributed by atoms with Crippen molar-refractivity contribution >= 4 is 32.4 Å². The molecule has 4 rings (SSSR count). The van der Waals surface area contributed by atoms with E-state index in [1.165, 1.54) is 0 Å². The minimum absolute atomic E-state index is 0.00549. The molecular formula is C25H27N5O3S. The van der Waals surface area contributed by atoms with E-state index in [9.17, 15) is 13.5 Å². The first-order valence-corrected chi connectivity index (χ1v) is 12.8. The summed E-state index contributed by atoms with van der Waals surface area (Å²) in [4.78, 5) is 9.40. The second kappa shape index (κ2) is 9.66. The summed E-state index contributed by atoms with van der Waals surface area (Å²) in [6.45, 7) is 2.60. The quantitative estimate of drug-likeness (QED) is 0.299. The molecule has 176 valence electrons. The molecule has 0 aliphatic heterocycles. The SMILES string of the molecule is CC[C@@H](N)CNc1nc(-c2cc(-c3ccc(NS(C)(=O)=O)cc3)ccc2O)nc2ccccc12. The van der Waals surface area contributed by atoms with E-state index in [1.54, 1.807) is 24.3 Å². The minimum Gasteiger partial charge on any atom is -0.507 e. The van der Waals surface area contributed by atoms with Gasteiger partial charge in [-0.1, -0.05) is 37.3 Å². The molecule has 5 N–H and O–H groups in total. The molecule has 0 unspecified atom stereocenters. The zero-order valence-corrected chi connectivity index (χ0v) is 19.8. The topological polar surface area (TPSA) is 130 Å². The van der Waals surface area contributed by atoms with E-state index in [2.05, 4.69) is 15.0 Å². The van der Waals surface area contributed by atoms with Crippen LogP contribution in [0.4, 0.5) is 11.5 Å². The number of anilines is 2. The van der Waals surface area contributed by atoms with Gasteiger partial charge in [0.05, 0.1) is 17.3 Å². The maximum atomic E-state index is 11.5. The number of rotatable bonds is 8. The molecule has 34 heavy (non-hydrogen) atoms. The summed E-state index contributed by atoms with van der Waals surface area (Å²) < 4.78 is 25.4. The van der Waals surface area contributed by atoms with Crippen LogP contribution < -0.4 is 15.8 Å². The third kappa shape index (κ3) is 5.44. The van der Waals surface area contributed by atoms with Gasteiger partial charge in [-0.2, -0.15) is 0 Å². The first-order chi connectivity index (χ1) is 16.2. The number of aromatic nitrogens is 2. The van der Waals surface area contributed by atoms with Crippen LogP contribution in [-0.2, 0) is 10.0 Å². The second-order valence-corrected chi connectivity index (χ2v) is 9.89. The third-order valence-electron chi connectivity index (χ3n) is 5.42. The Bertz CT molecular complexity index is 1420. The Morgan fingerprint density at radius 1 is 1.00 bits per heavy atom. The van der Waals surface area contributed by atoms with Gasteiger partial charge >= 0.3 is 0 Å². The first-order valence-electron chi connectivity index (χ1n) is 10.9. The molecule has 0 amide bonds. The fraction of sp³-hybridized carbons (Fsp3) is 0.200. The maximum Gasteiger partial charge on any atom is 0.229 e. The van der Waals surface area contributed by atoms with Gasteiger partial charge in [-0.3, -0.25) is 4.72 Å². The van der Waals surface area contributed by atoms with E-state index in [-0.39, 0.29) is 11.8 Å². The molecule has 4 aromatic rings. The predicted molar refractivity (Wildman–Crippen MR) is 137 cm³/mol. The van der Waals surface area contributed by atoms with E-state index in [0.717, 1.165) is 34.7 Å². The van der Waals surface area contributed by atoms with Crippen molar-refractivity contribution in [1.82, 2.24) is 9.97 Å².